The lowest BCUT2D eigenvalue weighted by atomic mass is 10.2. The summed E-state index contributed by atoms with van der Waals surface area (Å²) in [6, 6.07) is 0.722. The van der Waals surface area contributed by atoms with Crippen LogP contribution in [0.1, 0.15) is 17.3 Å². The molecule has 0 aromatic carbocycles. The summed E-state index contributed by atoms with van der Waals surface area (Å²) in [6.07, 6.45) is 1.35. The van der Waals surface area contributed by atoms with Gasteiger partial charge in [-0.2, -0.15) is 0 Å². The molecule has 1 aromatic rings. The molecule has 7 nitrogen and oxygen atoms in total. The summed E-state index contributed by atoms with van der Waals surface area (Å²) in [5.74, 6) is -1.05. The molecule has 0 fully saturated rings. The van der Waals surface area contributed by atoms with Crippen LogP contribution in [0.3, 0.4) is 0 Å². The van der Waals surface area contributed by atoms with Gasteiger partial charge >= 0.3 is 0 Å². The van der Waals surface area contributed by atoms with E-state index in [1.807, 2.05) is 0 Å². The second-order valence-corrected chi connectivity index (χ2v) is 3.30. The molecular weight excluding hydrogens is 210 g/mol. The first-order chi connectivity index (χ1) is 7.41. The lowest BCUT2D eigenvalue weighted by Gasteiger charge is -2.13. The monoisotopic (exact) mass is 223 g/mol. The Morgan fingerprint density at radius 2 is 2.06 bits per heavy atom. The maximum atomic E-state index is 11.1. The lowest BCUT2D eigenvalue weighted by molar-refractivity contribution is -0.118. The van der Waals surface area contributed by atoms with E-state index in [1.54, 1.807) is 6.92 Å². The topological polar surface area (TPSA) is 137 Å². The van der Waals surface area contributed by atoms with Gasteiger partial charge in [-0.05, 0) is 13.0 Å². The molecule has 7 heteroatoms. The van der Waals surface area contributed by atoms with E-state index in [0.717, 1.165) is 0 Å². The molecule has 16 heavy (non-hydrogen) atoms. The predicted molar refractivity (Wildman–Crippen MR) is 59.4 cm³/mol. The van der Waals surface area contributed by atoms with Gasteiger partial charge in [-0.15, -0.1) is 0 Å². The van der Waals surface area contributed by atoms with Gasteiger partial charge in [0.2, 0.25) is 5.91 Å². The molecule has 0 bridgehead atoms. The van der Waals surface area contributed by atoms with Crippen molar-refractivity contribution in [1.29, 1.82) is 0 Å². The van der Waals surface area contributed by atoms with Gasteiger partial charge in [0.15, 0.2) is 0 Å². The summed E-state index contributed by atoms with van der Waals surface area (Å²) in [5, 5.41) is 2.68. The molecule has 1 heterocycles. The van der Waals surface area contributed by atoms with Crippen molar-refractivity contribution < 1.29 is 9.59 Å². The largest absolute Gasteiger partial charge is 0.397 e. The van der Waals surface area contributed by atoms with Crippen molar-refractivity contribution >= 4 is 23.3 Å². The van der Waals surface area contributed by atoms with Crippen LogP contribution in [0.15, 0.2) is 12.3 Å². The van der Waals surface area contributed by atoms with Crippen LogP contribution in [0, 0.1) is 0 Å². The minimum Gasteiger partial charge on any atom is -0.397 e. The molecule has 1 aromatic heterocycles. The number of nitrogen functional groups attached to an aromatic ring is 1. The van der Waals surface area contributed by atoms with E-state index in [-0.39, 0.29) is 11.4 Å². The first-order valence-electron chi connectivity index (χ1n) is 4.53. The van der Waals surface area contributed by atoms with E-state index in [9.17, 15) is 9.59 Å². The molecule has 0 aliphatic carbocycles. The van der Waals surface area contributed by atoms with E-state index in [2.05, 4.69) is 10.3 Å². The number of nitrogens with two attached hydrogens (primary N) is 3. The van der Waals surface area contributed by atoms with Crippen LogP contribution >= 0.6 is 0 Å². The number of amides is 2. The minimum atomic E-state index is -0.682. The third-order valence-electron chi connectivity index (χ3n) is 1.95. The van der Waals surface area contributed by atoms with Crippen molar-refractivity contribution in [2.75, 3.05) is 11.1 Å². The highest BCUT2D eigenvalue weighted by molar-refractivity contribution is 5.99. The Bertz CT molecular complexity index is 432. The zero-order valence-electron chi connectivity index (χ0n) is 8.73. The Morgan fingerprint density at radius 3 is 2.56 bits per heavy atom. The second-order valence-electron chi connectivity index (χ2n) is 3.30. The summed E-state index contributed by atoms with van der Waals surface area (Å²) in [6.45, 7) is 1.55. The van der Waals surface area contributed by atoms with Crippen molar-refractivity contribution in [2.45, 2.75) is 13.0 Å². The number of hydrogen-bond acceptors (Lipinski definition) is 5. The van der Waals surface area contributed by atoms with Crippen LogP contribution in [0.25, 0.3) is 0 Å². The Kier molecular flexibility index (Phi) is 3.29. The molecule has 0 aliphatic heterocycles. The smallest absolute Gasteiger partial charge is 0.252 e. The van der Waals surface area contributed by atoms with Gasteiger partial charge in [-0.1, -0.05) is 0 Å². The van der Waals surface area contributed by atoms with E-state index in [4.69, 9.17) is 17.2 Å². The standard InChI is InChI=1S/C9H13N5O2/c1-4(7(11)15)14-9-6(8(12)16)2-5(10)3-13-9/h2-4H,10H2,1H3,(H2,11,15)(H2,12,16)(H,13,14). The normalized spacial score (nSPS) is 11.8. The highest BCUT2D eigenvalue weighted by Crippen LogP contribution is 2.15. The summed E-state index contributed by atoms with van der Waals surface area (Å²) in [4.78, 5) is 25.8. The highest BCUT2D eigenvalue weighted by atomic mass is 16.1. The molecular formula is C9H13N5O2. The van der Waals surface area contributed by atoms with E-state index in [0.29, 0.717) is 5.69 Å². The number of nitrogens with one attached hydrogen (secondary N) is 1. The van der Waals surface area contributed by atoms with Crippen LogP contribution < -0.4 is 22.5 Å². The molecule has 2 amide bonds. The van der Waals surface area contributed by atoms with Gasteiger partial charge in [-0.3, -0.25) is 9.59 Å². The van der Waals surface area contributed by atoms with Gasteiger partial charge < -0.3 is 22.5 Å². The summed E-state index contributed by atoms with van der Waals surface area (Å²) in [7, 11) is 0. The zero-order chi connectivity index (χ0) is 12.3. The SMILES string of the molecule is CC(Nc1ncc(N)cc1C(N)=O)C(N)=O. The van der Waals surface area contributed by atoms with Crippen molar-refractivity contribution in [2.24, 2.45) is 11.5 Å². The molecule has 1 rings (SSSR count). The van der Waals surface area contributed by atoms with Crippen LogP contribution in [-0.4, -0.2) is 22.8 Å². The molecule has 7 N–H and O–H groups in total. The molecule has 86 valence electrons. The maximum absolute atomic E-state index is 11.1. The molecule has 1 unspecified atom stereocenters. The van der Waals surface area contributed by atoms with E-state index >= 15 is 0 Å². The van der Waals surface area contributed by atoms with Crippen LogP contribution in [-0.2, 0) is 4.79 Å². The number of primary amides is 2. The first kappa shape index (κ1) is 11.8. The summed E-state index contributed by atoms with van der Waals surface area (Å²) in [5.41, 5.74) is 16.1. The van der Waals surface area contributed by atoms with Gasteiger partial charge in [0.05, 0.1) is 17.4 Å². The Balaban J connectivity index is 3.04. The van der Waals surface area contributed by atoms with Gasteiger partial charge in [0.1, 0.15) is 11.9 Å². The zero-order valence-corrected chi connectivity index (χ0v) is 8.73. The number of carbonyl (C=O) groups is 2. The number of anilines is 2. The Hall–Kier alpha value is -2.31. The Labute approximate surface area is 92.0 Å². The second kappa shape index (κ2) is 4.47. The van der Waals surface area contributed by atoms with E-state index in [1.165, 1.54) is 12.3 Å². The number of rotatable bonds is 4. The fourth-order valence-electron chi connectivity index (χ4n) is 1.06. The van der Waals surface area contributed by atoms with Crippen molar-refractivity contribution in [3.8, 4) is 0 Å². The molecule has 0 radical (unpaired) electrons. The first-order valence-corrected chi connectivity index (χ1v) is 4.53. The van der Waals surface area contributed by atoms with Gasteiger partial charge in [-0.25, -0.2) is 4.98 Å². The molecule has 1 atom stereocenters. The lowest BCUT2D eigenvalue weighted by Crippen LogP contribution is -2.33. The van der Waals surface area contributed by atoms with Crippen molar-refractivity contribution in [1.82, 2.24) is 4.98 Å². The number of hydrogen-bond donors (Lipinski definition) is 4. The van der Waals surface area contributed by atoms with Crippen LogP contribution in [0.4, 0.5) is 11.5 Å². The van der Waals surface area contributed by atoms with E-state index < -0.39 is 17.9 Å². The fourth-order valence-corrected chi connectivity index (χ4v) is 1.06. The Morgan fingerprint density at radius 1 is 1.44 bits per heavy atom. The van der Waals surface area contributed by atoms with Gasteiger partial charge in [0, 0.05) is 0 Å². The number of pyridine rings is 1. The molecule has 0 spiro atoms. The quantitative estimate of drug-likeness (QED) is 0.521. The number of carbonyl (C=O) groups excluding carboxylic acids is 2. The number of aromatic nitrogens is 1. The molecule has 0 aliphatic rings. The highest BCUT2D eigenvalue weighted by Gasteiger charge is 2.14. The van der Waals surface area contributed by atoms with Crippen molar-refractivity contribution in [3.63, 3.8) is 0 Å². The van der Waals surface area contributed by atoms with Crippen molar-refractivity contribution in [3.05, 3.63) is 17.8 Å². The maximum Gasteiger partial charge on any atom is 0.252 e. The average Bonchev–Trinajstić information content (AvgIpc) is 2.20. The number of nitrogens with zero attached hydrogens (tertiary/aromatic N) is 1. The predicted octanol–water partition coefficient (Wildman–Crippen LogP) is -0.952. The summed E-state index contributed by atoms with van der Waals surface area (Å²) >= 11 is 0. The fraction of sp³-hybridized carbons (Fsp3) is 0.222. The van der Waals surface area contributed by atoms with Gasteiger partial charge in [0.25, 0.3) is 5.91 Å². The molecule has 0 saturated heterocycles. The minimum absolute atomic E-state index is 0.119. The third-order valence-corrected chi connectivity index (χ3v) is 1.95. The summed E-state index contributed by atoms with van der Waals surface area (Å²) < 4.78 is 0. The van der Waals surface area contributed by atoms with Crippen LogP contribution in [0.2, 0.25) is 0 Å². The average molecular weight is 223 g/mol. The third kappa shape index (κ3) is 2.59. The molecule has 0 saturated carbocycles. The van der Waals surface area contributed by atoms with Crippen LogP contribution in [0.5, 0.6) is 0 Å².